The van der Waals surface area contributed by atoms with Gasteiger partial charge in [0, 0.05) is 28.0 Å². The Bertz CT molecular complexity index is 1410. The Hall–Kier alpha value is -3.87. The summed E-state index contributed by atoms with van der Waals surface area (Å²) < 4.78 is 21.5. The summed E-state index contributed by atoms with van der Waals surface area (Å²) in [5.74, 6) is -0.120. The van der Waals surface area contributed by atoms with Gasteiger partial charge in [0.05, 0.1) is 12.2 Å². The molecule has 7 heteroatoms. The molecule has 0 spiro atoms. The average Bonchev–Trinajstić information content (AvgIpc) is 2.75. The fraction of sp³-hybridized carbons (Fsp3) is 0.208. The van der Waals surface area contributed by atoms with Gasteiger partial charge in [-0.25, -0.2) is 14.4 Å². The van der Waals surface area contributed by atoms with Gasteiger partial charge in [-0.2, -0.15) is 0 Å². The second-order valence-corrected chi connectivity index (χ2v) is 7.04. The highest BCUT2D eigenvalue weighted by Gasteiger charge is 2.20. The Morgan fingerprint density at radius 1 is 1.03 bits per heavy atom. The Balaban J connectivity index is 1.86. The van der Waals surface area contributed by atoms with E-state index in [0.717, 1.165) is 5.39 Å². The van der Waals surface area contributed by atoms with Gasteiger partial charge in [-0.1, -0.05) is 18.2 Å². The number of carbonyl (C=O) groups excluding carboxylic acids is 1. The number of aryl methyl sites for hydroxylation is 1. The maximum absolute atomic E-state index is 12.6. The van der Waals surface area contributed by atoms with Crippen molar-refractivity contribution in [2.45, 2.75) is 26.9 Å². The molecule has 0 amide bonds. The topological polar surface area (TPSA) is 96.0 Å². The average molecular weight is 420 g/mol. The highest BCUT2D eigenvalue weighted by molar-refractivity contribution is 5.97. The second kappa shape index (κ2) is 8.10. The van der Waals surface area contributed by atoms with Gasteiger partial charge in [-0.15, -0.1) is 0 Å². The fourth-order valence-corrected chi connectivity index (χ4v) is 3.44. The zero-order valence-corrected chi connectivity index (χ0v) is 17.3. The molecule has 4 aromatic rings. The summed E-state index contributed by atoms with van der Waals surface area (Å²) in [4.78, 5) is 36.9. The van der Waals surface area contributed by atoms with Gasteiger partial charge < -0.3 is 18.3 Å². The first kappa shape index (κ1) is 20.4. The van der Waals surface area contributed by atoms with Crippen LogP contribution in [0.3, 0.4) is 0 Å². The number of carbonyl (C=O) groups is 1. The molecule has 0 unspecified atom stereocenters. The number of fused-ring (bicyclic) bond motifs is 2. The lowest BCUT2D eigenvalue weighted by atomic mass is 10.0. The van der Waals surface area contributed by atoms with Crippen LogP contribution in [-0.2, 0) is 9.53 Å². The van der Waals surface area contributed by atoms with Crippen molar-refractivity contribution in [1.29, 1.82) is 0 Å². The molecule has 0 radical (unpaired) electrons. The summed E-state index contributed by atoms with van der Waals surface area (Å²) >= 11 is 0. The number of benzene rings is 2. The van der Waals surface area contributed by atoms with Crippen LogP contribution in [0.5, 0.6) is 5.75 Å². The van der Waals surface area contributed by atoms with Gasteiger partial charge in [-0.3, -0.25) is 0 Å². The minimum atomic E-state index is -0.835. The highest BCUT2D eigenvalue weighted by atomic mass is 16.6. The highest BCUT2D eigenvalue weighted by Crippen LogP contribution is 2.33. The maximum atomic E-state index is 12.6. The van der Waals surface area contributed by atoms with E-state index >= 15 is 0 Å². The first-order valence-electron chi connectivity index (χ1n) is 9.83. The van der Waals surface area contributed by atoms with Crippen molar-refractivity contribution >= 4 is 27.9 Å². The van der Waals surface area contributed by atoms with E-state index in [2.05, 4.69) is 0 Å². The van der Waals surface area contributed by atoms with Crippen LogP contribution in [-0.4, -0.2) is 18.7 Å². The molecule has 1 atom stereocenters. The third-order valence-corrected chi connectivity index (χ3v) is 4.97. The number of esters is 1. The summed E-state index contributed by atoms with van der Waals surface area (Å²) in [6.45, 7) is 5.25. The van der Waals surface area contributed by atoms with E-state index in [1.54, 1.807) is 51.1 Å². The quantitative estimate of drug-likeness (QED) is 0.353. The molecule has 2 aromatic heterocycles. The van der Waals surface area contributed by atoms with Gasteiger partial charge >= 0.3 is 17.2 Å². The molecule has 7 nitrogen and oxygen atoms in total. The van der Waals surface area contributed by atoms with Crippen LogP contribution >= 0.6 is 0 Å². The number of para-hydroxylation sites is 1. The van der Waals surface area contributed by atoms with Crippen LogP contribution < -0.4 is 16.0 Å². The van der Waals surface area contributed by atoms with E-state index in [-0.39, 0.29) is 17.8 Å². The third kappa shape index (κ3) is 3.82. The number of rotatable bonds is 5. The predicted molar refractivity (Wildman–Crippen MR) is 115 cm³/mol. The molecule has 0 saturated carbocycles. The lowest BCUT2D eigenvalue weighted by Crippen LogP contribution is -2.26. The SMILES string of the molecule is CCOC(=O)[C@@H](C)Oc1ccc2c(-c3cc4ccccc4oc3=O)cc(=O)oc2c1C. The molecule has 0 N–H and O–H groups in total. The lowest BCUT2D eigenvalue weighted by molar-refractivity contribution is -0.150. The third-order valence-electron chi connectivity index (χ3n) is 4.97. The first-order chi connectivity index (χ1) is 14.9. The van der Waals surface area contributed by atoms with Crippen molar-refractivity contribution in [3.63, 3.8) is 0 Å². The fourth-order valence-electron chi connectivity index (χ4n) is 3.44. The summed E-state index contributed by atoms with van der Waals surface area (Å²) in [5.41, 5.74) is 0.737. The largest absolute Gasteiger partial charge is 0.479 e. The molecule has 2 aromatic carbocycles. The molecule has 0 aliphatic rings. The molecule has 4 rings (SSSR count). The van der Waals surface area contributed by atoms with E-state index in [1.807, 2.05) is 12.1 Å². The minimum Gasteiger partial charge on any atom is -0.479 e. The van der Waals surface area contributed by atoms with Crippen molar-refractivity contribution in [2.24, 2.45) is 0 Å². The smallest absolute Gasteiger partial charge is 0.347 e. The van der Waals surface area contributed by atoms with Gasteiger partial charge in [-0.05, 0) is 45.0 Å². The van der Waals surface area contributed by atoms with E-state index in [9.17, 15) is 14.4 Å². The van der Waals surface area contributed by atoms with Crippen molar-refractivity contribution in [3.8, 4) is 16.9 Å². The van der Waals surface area contributed by atoms with E-state index in [0.29, 0.717) is 27.8 Å². The van der Waals surface area contributed by atoms with Crippen molar-refractivity contribution in [3.05, 3.63) is 74.9 Å². The molecule has 0 saturated heterocycles. The molecule has 2 heterocycles. The summed E-state index contributed by atoms with van der Waals surface area (Å²) in [7, 11) is 0. The van der Waals surface area contributed by atoms with Crippen molar-refractivity contribution in [1.82, 2.24) is 0 Å². The Morgan fingerprint density at radius 3 is 2.58 bits per heavy atom. The van der Waals surface area contributed by atoms with Gasteiger partial charge in [0.25, 0.3) is 0 Å². The van der Waals surface area contributed by atoms with Gasteiger partial charge in [0.1, 0.15) is 16.9 Å². The standard InChI is InChI=1S/C24H20O7/c1-4-28-23(26)14(3)29-19-10-9-16-17(12-21(25)31-22(16)13(19)2)18-11-15-7-5-6-8-20(15)30-24(18)27/h5-12,14H,4H2,1-3H3/t14-/m1/s1. The van der Waals surface area contributed by atoms with Crippen LogP contribution in [0, 0.1) is 6.92 Å². The molecule has 158 valence electrons. The summed E-state index contributed by atoms with van der Waals surface area (Å²) in [5, 5.41) is 1.29. The minimum absolute atomic E-state index is 0.246. The lowest BCUT2D eigenvalue weighted by Gasteiger charge is -2.16. The monoisotopic (exact) mass is 420 g/mol. The predicted octanol–water partition coefficient (Wildman–Crippen LogP) is 4.21. The zero-order valence-electron chi connectivity index (χ0n) is 17.3. The van der Waals surface area contributed by atoms with Crippen LogP contribution in [0.2, 0.25) is 0 Å². The molecule has 0 bridgehead atoms. The molecule has 0 aliphatic heterocycles. The van der Waals surface area contributed by atoms with E-state index in [1.165, 1.54) is 6.07 Å². The summed E-state index contributed by atoms with van der Waals surface area (Å²) in [6, 6.07) is 13.5. The van der Waals surface area contributed by atoms with Gasteiger partial charge in [0.2, 0.25) is 0 Å². The Kier molecular flexibility index (Phi) is 5.33. The summed E-state index contributed by atoms with van der Waals surface area (Å²) in [6.07, 6.45) is -0.835. The van der Waals surface area contributed by atoms with Crippen molar-refractivity contribution < 1.29 is 23.1 Å². The van der Waals surface area contributed by atoms with Crippen molar-refractivity contribution in [2.75, 3.05) is 6.61 Å². The molecule has 0 fully saturated rings. The van der Waals surface area contributed by atoms with Gasteiger partial charge in [0.15, 0.2) is 6.10 Å². The normalized spacial score (nSPS) is 12.1. The molecular weight excluding hydrogens is 400 g/mol. The Morgan fingerprint density at radius 2 is 1.81 bits per heavy atom. The second-order valence-electron chi connectivity index (χ2n) is 7.04. The number of hydrogen-bond donors (Lipinski definition) is 0. The number of ether oxygens (including phenoxy) is 2. The van der Waals surface area contributed by atoms with Crippen LogP contribution in [0.25, 0.3) is 33.1 Å². The van der Waals surface area contributed by atoms with Crippen LogP contribution in [0.15, 0.2) is 67.0 Å². The Labute approximate surface area is 176 Å². The van der Waals surface area contributed by atoms with E-state index in [4.69, 9.17) is 18.3 Å². The van der Waals surface area contributed by atoms with E-state index < -0.39 is 23.3 Å². The maximum Gasteiger partial charge on any atom is 0.347 e. The van der Waals surface area contributed by atoms with Crippen LogP contribution in [0.4, 0.5) is 0 Å². The van der Waals surface area contributed by atoms with Crippen LogP contribution in [0.1, 0.15) is 19.4 Å². The molecular formula is C24H20O7. The number of hydrogen-bond acceptors (Lipinski definition) is 7. The molecule has 0 aliphatic carbocycles. The molecule has 31 heavy (non-hydrogen) atoms. The first-order valence-corrected chi connectivity index (χ1v) is 9.83. The zero-order chi connectivity index (χ0) is 22.1.